The van der Waals surface area contributed by atoms with Crippen molar-refractivity contribution in [2.24, 2.45) is 0 Å². The van der Waals surface area contributed by atoms with Crippen molar-refractivity contribution in [1.82, 2.24) is 5.32 Å². The maximum Gasteiger partial charge on any atom is 0.327 e. The molecule has 1 atom stereocenters. The van der Waals surface area contributed by atoms with Crippen molar-refractivity contribution in [2.45, 2.75) is 13.0 Å². The van der Waals surface area contributed by atoms with E-state index in [-0.39, 0.29) is 0 Å². The molecule has 0 aliphatic heterocycles. The lowest BCUT2D eigenvalue weighted by molar-refractivity contribution is -0.138. The highest BCUT2D eigenvalue weighted by Crippen LogP contribution is 2.06. The Morgan fingerprint density at radius 2 is 2.11 bits per heavy atom. The van der Waals surface area contributed by atoms with E-state index in [2.05, 4.69) is 10.6 Å². The van der Waals surface area contributed by atoms with Gasteiger partial charge in [0.15, 0.2) is 5.11 Å². The Morgan fingerprint density at radius 3 is 2.67 bits per heavy atom. The van der Waals surface area contributed by atoms with Gasteiger partial charge < -0.3 is 15.7 Å². The molecule has 3 N–H and O–H groups in total. The monoisotopic (exact) mass is 284 g/mol. The van der Waals surface area contributed by atoms with Gasteiger partial charge in [0.1, 0.15) is 6.04 Å². The van der Waals surface area contributed by atoms with Gasteiger partial charge in [-0.3, -0.25) is 0 Å². The van der Waals surface area contributed by atoms with Crippen LogP contribution in [0.5, 0.6) is 0 Å². The molecule has 0 amide bonds. The lowest BCUT2D eigenvalue weighted by Crippen LogP contribution is -2.44. The summed E-state index contributed by atoms with van der Waals surface area (Å²) < 4.78 is 0. The van der Waals surface area contributed by atoms with E-state index in [4.69, 9.17) is 17.3 Å². The molecule has 4 nitrogen and oxygen atoms in total. The smallest absolute Gasteiger partial charge is 0.327 e. The van der Waals surface area contributed by atoms with Crippen LogP contribution >= 0.6 is 24.0 Å². The molecule has 6 heteroatoms. The van der Waals surface area contributed by atoms with Crippen molar-refractivity contribution in [3.8, 4) is 0 Å². The summed E-state index contributed by atoms with van der Waals surface area (Å²) in [6, 6.07) is 8.73. The standard InChI is InChI=1S/C12H16N2O2S2/c1-2-18-8-10(11(15)16)14-12(17)13-9-6-4-3-5-7-9/h3-7,10H,2,8H2,1H3,(H,15,16)(H2,13,14,17)/t10-/m0/s1. The summed E-state index contributed by atoms with van der Waals surface area (Å²) in [4.78, 5) is 11.0. The first-order valence-corrected chi connectivity index (χ1v) is 7.13. The quantitative estimate of drug-likeness (QED) is 0.696. The number of aliphatic carboxylic acids is 1. The second-order valence-electron chi connectivity index (χ2n) is 3.51. The molecular formula is C12H16N2O2S2. The number of para-hydroxylation sites is 1. The summed E-state index contributed by atoms with van der Waals surface area (Å²) in [5.41, 5.74) is 0.835. The van der Waals surface area contributed by atoms with Gasteiger partial charge in [0.25, 0.3) is 0 Å². The molecule has 1 rings (SSSR count). The van der Waals surface area contributed by atoms with Crippen molar-refractivity contribution in [3.05, 3.63) is 30.3 Å². The normalized spacial score (nSPS) is 11.6. The van der Waals surface area contributed by atoms with Gasteiger partial charge in [-0.1, -0.05) is 25.1 Å². The topological polar surface area (TPSA) is 61.4 Å². The van der Waals surface area contributed by atoms with E-state index >= 15 is 0 Å². The minimum absolute atomic E-state index is 0.324. The number of carbonyl (C=O) groups is 1. The van der Waals surface area contributed by atoms with E-state index < -0.39 is 12.0 Å². The third-order valence-corrected chi connectivity index (χ3v) is 3.32. The molecule has 0 bridgehead atoms. The van der Waals surface area contributed by atoms with Crippen LogP contribution < -0.4 is 10.6 Å². The van der Waals surface area contributed by atoms with Crippen molar-refractivity contribution in [2.75, 3.05) is 16.8 Å². The van der Waals surface area contributed by atoms with E-state index in [1.165, 1.54) is 0 Å². The Balaban J connectivity index is 2.48. The number of carboxylic acids is 1. The maximum atomic E-state index is 11.0. The number of thiocarbonyl (C=S) groups is 1. The number of hydrogen-bond donors (Lipinski definition) is 3. The highest BCUT2D eigenvalue weighted by atomic mass is 32.2. The first-order valence-electron chi connectivity index (χ1n) is 5.56. The number of hydrogen-bond acceptors (Lipinski definition) is 3. The van der Waals surface area contributed by atoms with Crippen LogP contribution in [0.3, 0.4) is 0 Å². The predicted molar refractivity (Wildman–Crippen MR) is 80.2 cm³/mol. The molecule has 0 unspecified atom stereocenters. The Kier molecular flexibility index (Phi) is 6.53. The van der Waals surface area contributed by atoms with Gasteiger partial charge in [-0.15, -0.1) is 0 Å². The number of rotatable bonds is 6. The lowest BCUT2D eigenvalue weighted by Gasteiger charge is -2.16. The van der Waals surface area contributed by atoms with E-state index in [9.17, 15) is 4.79 Å². The number of carboxylic acid groups (broad SMARTS) is 1. The van der Waals surface area contributed by atoms with Crippen molar-refractivity contribution in [1.29, 1.82) is 0 Å². The minimum atomic E-state index is -0.895. The van der Waals surface area contributed by atoms with E-state index in [0.717, 1.165) is 11.4 Å². The summed E-state index contributed by atoms with van der Waals surface area (Å²) >= 11 is 6.65. The van der Waals surface area contributed by atoms with E-state index in [1.54, 1.807) is 11.8 Å². The van der Waals surface area contributed by atoms with Crippen LogP contribution in [-0.4, -0.2) is 33.7 Å². The van der Waals surface area contributed by atoms with E-state index in [0.29, 0.717) is 10.9 Å². The Morgan fingerprint density at radius 1 is 1.44 bits per heavy atom. The fourth-order valence-corrected chi connectivity index (χ4v) is 2.21. The zero-order valence-corrected chi connectivity index (χ0v) is 11.7. The summed E-state index contributed by atoms with van der Waals surface area (Å²) in [7, 11) is 0. The summed E-state index contributed by atoms with van der Waals surface area (Å²) in [5.74, 6) is 0.473. The van der Waals surface area contributed by atoms with E-state index in [1.807, 2.05) is 37.3 Å². The van der Waals surface area contributed by atoms with Crippen LogP contribution in [0.1, 0.15) is 6.92 Å². The SMILES string of the molecule is CCSC[C@H](NC(=S)Nc1ccccc1)C(=O)O. The summed E-state index contributed by atoms with van der Waals surface area (Å²) in [6.45, 7) is 1.99. The van der Waals surface area contributed by atoms with Crippen LogP contribution in [0, 0.1) is 0 Å². The van der Waals surface area contributed by atoms with Gasteiger partial charge in [-0.05, 0) is 30.1 Å². The van der Waals surface area contributed by atoms with Crippen LogP contribution in [0.4, 0.5) is 5.69 Å². The average Bonchev–Trinajstić information content (AvgIpc) is 2.35. The highest BCUT2D eigenvalue weighted by Gasteiger charge is 2.17. The Bertz CT molecular complexity index is 398. The van der Waals surface area contributed by atoms with Gasteiger partial charge in [0.2, 0.25) is 0 Å². The number of anilines is 1. The van der Waals surface area contributed by atoms with Crippen molar-refractivity contribution >= 4 is 40.7 Å². The second-order valence-corrected chi connectivity index (χ2v) is 5.24. The molecule has 0 heterocycles. The lowest BCUT2D eigenvalue weighted by atomic mass is 10.3. The number of nitrogens with one attached hydrogen (secondary N) is 2. The zero-order valence-electron chi connectivity index (χ0n) is 10.1. The van der Waals surface area contributed by atoms with Crippen molar-refractivity contribution in [3.63, 3.8) is 0 Å². The molecule has 0 fully saturated rings. The first kappa shape index (κ1) is 14.8. The molecule has 0 spiro atoms. The predicted octanol–water partition coefficient (Wildman–Crippen LogP) is 2.18. The van der Waals surface area contributed by atoms with Gasteiger partial charge in [-0.25, -0.2) is 4.79 Å². The molecule has 98 valence electrons. The molecule has 0 aromatic heterocycles. The molecule has 1 aromatic carbocycles. The Labute approximate surface area is 116 Å². The molecular weight excluding hydrogens is 268 g/mol. The van der Waals surface area contributed by atoms with Crippen LogP contribution in [0.25, 0.3) is 0 Å². The number of thioether (sulfide) groups is 1. The van der Waals surface area contributed by atoms with Crippen LogP contribution in [0.15, 0.2) is 30.3 Å². The third-order valence-electron chi connectivity index (χ3n) is 2.12. The van der Waals surface area contributed by atoms with Gasteiger partial charge >= 0.3 is 5.97 Å². The molecule has 0 aliphatic carbocycles. The second kappa shape index (κ2) is 7.94. The minimum Gasteiger partial charge on any atom is -0.480 e. The molecule has 18 heavy (non-hydrogen) atoms. The fraction of sp³-hybridized carbons (Fsp3) is 0.333. The van der Waals surface area contributed by atoms with Crippen LogP contribution in [-0.2, 0) is 4.79 Å². The van der Waals surface area contributed by atoms with Crippen LogP contribution in [0.2, 0.25) is 0 Å². The molecule has 1 aromatic rings. The van der Waals surface area contributed by atoms with Gasteiger partial charge in [0.05, 0.1) is 0 Å². The molecule has 0 saturated heterocycles. The maximum absolute atomic E-state index is 11.0. The average molecular weight is 284 g/mol. The largest absolute Gasteiger partial charge is 0.480 e. The van der Waals surface area contributed by atoms with Gasteiger partial charge in [0, 0.05) is 11.4 Å². The molecule has 0 radical (unpaired) electrons. The number of benzene rings is 1. The highest BCUT2D eigenvalue weighted by molar-refractivity contribution is 7.99. The summed E-state index contributed by atoms with van der Waals surface area (Å²) in [6.07, 6.45) is 0. The Hall–Kier alpha value is -1.27. The van der Waals surface area contributed by atoms with Crippen molar-refractivity contribution < 1.29 is 9.90 Å². The summed E-state index contributed by atoms with van der Waals surface area (Å²) in [5, 5.41) is 15.1. The first-order chi connectivity index (χ1) is 8.63. The molecule has 0 aliphatic rings. The third kappa shape index (κ3) is 5.37. The van der Waals surface area contributed by atoms with Gasteiger partial charge in [-0.2, -0.15) is 11.8 Å². The fourth-order valence-electron chi connectivity index (χ4n) is 1.26. The molecule has 0 saturated carbocycles. The zero-order chi connectivity index (χ0) is 13.4.